The van der Waals surface area contributed by atoms with Crippen molar-refractivity contribution in [2.24, 2.45) is 0 Å². The van der Waals surface area contributed by atoms with Crippen LogP contribution in [0.15, 0.2) is 47.4 Å². The average Bonchev–Trinajstić information content (AvgIpc) is 3.30. The largest absolute Gasteiger partial charge is 0.370 e. The van der Waals surface area contributed by atoms with Crippen LogP contribution in [0.5, 0.6) is 0 Å². The van der Waals surface area contributed by atoms with Crippen LogP contribution in [-0.4, -0.2) is 44.3 Å². The Morgan fingerprint density at radius 3 is 2.35 bits per heavy atom. The number of anilines is 2. The van der Waals surface area contributed by atoms with Crippen LogP contribution in [0, 0.1) is 5.82 Å². The lowest BCUT2D eigenvalue weighted by Crippen LogP contribution is -2.41. The van der Waals surface area contributed by atoms with Crippen molar-refractivity contribution in [3.8, 4) is 0 Å². The highest BCUT2D eigenvalue weighted by molar-refractivity contribution is 7.89. The molecule has 2 heterocycles. The SMILES string of the molecule is CC1CCCCN1S(=O)(=O)c1ccc(C(=O)Nc2c(F)cccc2N2CCCC2)cc1. The Labute approximate surface area is 183 Å². The Balaban J connectivity index is 1.53. The number of halogens is 1. The van der Waals surface area contributed by atoms with Gasteiger partial charge in [-0.25, -0.2) is 12.8 Å². The van der Waals surface area contributed by atoms with Gasteiger partial charge in [0.05, 0.1) is 10.6 Å². The molecule has 2 aromatic rings. The zero-order valence-electron chi connectivity index (χ0n) is 17.7. The first-order valence-electron chi connectivity index (χ1n) is 10.8. The molecule has 2 fully saturated rings. The molecule has 2 aliphatic rings. The van der Waals surface area contributed by atoms with Crippen LogP contribution >= 0.6 is 0 Å². The molecule has 2 aliphatic heterocycles. The Morgan fingerprint density at radius 2 is 1.68 bits per heavy atom. The van der Waals surface area contributed by atoms with Gasteiger partial charge in [0.15, 0.2) is 0 Å². The minimum absolute atomic E-state index is 0.0354. The molecule has 2 saturated heterocycles. The summed E-state index contributed by atoms with van der Waals surface area (Å²) in [5.74, 6) is -0.961. The van der Waals surface area contributed by atoms with Gasteiger partial charge in [-0.1, -0.05) is 12.5 Å². The van der Waals surface area contributed by atoms with Crippen LogP contribution in [0.1, 0.15) is 49.4 Å². The number of nitrogens with zero attached hydrogens (tertiary/aromatic N) is 2. The van der Waals surface area contributed by atoms with Crippen LogP contribution in [-0.2, 0) is 10.0 Å². The summed E-state index contributed by atoms with van der Waals surface area (Å²) in [6, 6.07) is 10.6. The number of rotatable bonds is 5. The van der Waals surface area contributed by atoms with Crippen molar-refractivity contribution in [1.82, 2.24) is 4.31 Å². The lowest BCUT2D eigenvalue weighted by molar-refractivity contribution is 0.102. The Kier molecular flexibility index (Phi) is 6.29. The van der Waals surface area contributed by atoms with E-state index in [1.165, 1.54) is 34.6 Å². The van der Waals surface area contributed by atoms with Crippen molar-refractivity contribution < 1.29 is 17.6 Å². The summed E-state index contributed by atoms with van der Waals surface area (Å²) in [7, 11) is -3.60. The van der Waals surface area contributed by atoms with Crippen molar-refractivity contribution in [1.29, 1.82) is 0 Å². The van der Waals surface area contributed by atoms with E-state index in [0.717, 1.165) is 45.2 Å². The molecule has 1 N–H and O–H groups in total. The number of sulfonamides is 1. The van der Waals surface area contributed by atoms with E-state index in [1.54, 1.807) is 12.1 Å². The number of piperidine rings is 1. The predicted octanol–water partition coefficient (Wildman–Crippen LogP) is 4.24. The predicted molar refractivity (Wildman–Crippen MR) is 119 cm³/mol. The van der Waals surface area contributed by atoms with Crippen LogP contribution in [0.2, 0.25) is 0 Å². The minimum atomic E-state index is -3.60. The molecule has 166 valence electrons. The van der Waals surface area contributed by atoms with E-state index < -0.39 is 21.7 Å². The van der Waals surface area contributed by atoms with E-state index in [-0.39, 0.29) is 22.2 Å². The van der Waals surface area contributed by atoms with Crippen LogP contribution in [0.25, 0.3) is 0 Å². The van der Waals surface area contributed by atoms with Crippen molar-refractivity contribution in [2.45, 2.75) is 50.0 Å². The van der Waals surface area contributed by atoms with Gasteiger partial charge in [0.1, 0.15) is 11.5 Å². The number of carbonyl (C=O) groups is 1. The summed E-state index contributed by atoms with van der Waals surface area (Å²) < 4.78 is 42.0. The molecule has 0 aliphatic carbocycles. The third kappa shape index (κ3) is 4.45. The fourth-order valence-corrected chi connectivity index (χ4v) is 6.09. The number of nitrogens with one attached hydrogen (secondary N) is 1. The molecule has 0 aromatic heterocycles. The molecule has 4 rings (SSSR count). The minimum Gasteiger partial charge on any atom is -0.370 e. The van der Waals surface area contributed by atoms with Crippen molar-refractivity contribution in [2.75, 3.05) is 29.9 Å². The van der Waals surface area contributed by atoms with Crippen LogP contribution in [0.3, 0.4) is 0 Å². The molecule has 2 aromatic carbocycles. The van der Waals surface area contributed by atoms with Gasteiger partial charge in [-0.2, -0.15) is 4.31 Å². The smallest absolute Gasteiger partial charge is 0.255 e. The molecule has 6 nitrogen and oxygen atoms in total. The van der Waals surface area contributed by atoms with Crippen molar-refractivity contribution in [3.63, 3.8) is 0 Å². The Hall–Kier alpha value is -2.45. The van der Waals surface area contributed by atoms with Gasteiger partial charge >= 0.3 is 0 Å². The van der Waals surface area contributed by atoms with Gasteiger partial charge in [0.2, 0.25) is 10.0 Å². The number of carbonyl (C=O) groups excluding carboxylic acids is 1. The van der Waals surface area contributed by atoms with E-state index >= 15 is 0 Å². The summed E-state index contributed by atoms with van der Waals surface area (Å²) >= 11 is 0. The lowest BCUT2D eigenvalue weighted by atomic mass is 10.1. The summed E-state index contributed by atoms with van der Waals surface area (Å²) in [5.41, 5.74) is 1.11. The molecular formula is C23H28FN3O3S. The number of benzene rings is 2. The van der Waals surface area contributed by atoms with Gasteiger partial charge < -0.3 is 10.2 Å². The Bertz CT molecular complexity index is 1050. The lowest BCUT2D eigenvalue weighted by Gasteiger charge is -2.32. The number of hydrogen-bond acceptors (Lipinski definition) is 4. The maximum atomic E-state index is 14.5. The molecule has 1 amide bonds. The fourth-order valence-electron chi connectivity index (χ4n) is 4.39. The topological polar surface area (TPSA) is 69.7 Å². The van der Waals surface area contributed by atoms with E-state index in [4.69, 9.17) is 0 Å². The molecular weight excluding hydrogens is 417 g/mol. The van der Waals surface area contributed by atoms with Gasteiger partial charge in [-0.15, -0.1) is 0 Å². The zero-order chi connectivity index (χ0) is 22.0. The first-order chi connectivity index (χ1) is 14.9. The monoisotopic (exact) mass is 445 g/mol. The van der Waals surface area contributed by atoms with Crippen LogP contribution < -0.4 is 10.2 Å². The summed E-state index contributed by atoms with van der Waals surface area (Å²) in [4.78, 5) is 15.0. The highest BCUT2D eigenvalue weighted by Crippen LogP contribution is 2.32. The van der Waals surface area contributed by atoms with Crippen LogP contribution in [0.4, 0.5) is 15.8 Å². The van der Waals surface area contributed by atoms with Crippen molar-refractivity contribution >= 4 is 27.3 Å². The molecule has 31 heavy (non-hydrogen) atoms. The molecule has 0 spiro atoms. The quantitative estimate of drug-likeness (QED) is 0.747. The zero-order valence-corrected chi connectivity index (χ0v) is 18.5. The van der Waals surface area contributed by atoms with Gasteiger partial charge in [-0.3, -0.25) is 4.79 Å². The van der Waals surface area contributed by atoms with Gasteiger partial charge in [0, 0.05) is 31.2 Å². The number of amides is 1. The van der Waals surface area contributed by atoms with E-state index in [2.05, 4.69) is 10.2 Å². The van der Waals surface area contributed by atoms with Crippen molar-refractivity contribution in [3.05, 3.63) is 53.8 Å². The maximum absolute atomic E-state index is 14.5. The highest BCUT2D eigenvalue weighted by Gasteiger charge is 2.31. The molecule has 1 unspecified atom stereocenters. The second kappa shape index (κ2) is 8.96. The maximum Gasteiger partial charge on any atom is 0.255 e. The number of para-hydroxylation sites is 1. The standard InChI is InChI=1S/C23H28FN3O3S/c1-17-7-2-3-16-27(17)31(29,30)19-12-10-18(11-13-19)23(28)25-22-20(24)8-6-9-21(22)26-14-4-5-15-26/h6,8-13,17H,2-5,7,14-16H2,1H3,(H,25,28). The highest BCUT2D eigenvalue weighted by atomic mass is 32.2. The normalized spacial score (nSPS) is 20.1. The molecule has 1 atom stereocenters. The molecule has 8 heteroatoms. The molecule has 0 bridgehead atoms. The molecule has 0 radical (unpaired) electrons. The number of hydrogen-bond donors (Lipinski definition) is 1. The first kappa shape index (κ1) is 21.8. The third-order valence-corrected chi connectivity index (χ3v) is 8.17. The van der Waals surface area contributed by atoms with Gasteiger partial charge in [0.25, 0.3) is 5.91 Å². The second-order valence-electron chi connectivity index (χ2n) is 8.27. The van der Waals surface area contributed by atoms with E-state index in [1.807, 2.05) is 6.92 Å². The van der Waals surface area contributed by atoms with E-state index in [9.17, 15) is 17.6 Å². The van der Waals surface area contributed by atoms with E-state index in [0.29, 0.717) is 12.2 Å². The fraction of sp³-hybridized carbons (Fsp3) is 0.435. The Morgan fingerprint density at radius 1 is 1.00 bits per heavy atom. The second-order valence-corrected chi connectivity index (χ2v) is 10.2. The first-order valence-corrected chi connectivity index (χ1v) is 12.3. The third-order valence-electron chi connectivity index (χ3n) is 6.14. The summed E-state index contributed by atoms with van der Waals surface area (Å²) in [6.07, 6.45) is 4.81. The average molecular weight is 446 g/mol. The molecule has 0 saturated carbocycles. The summed E-state index contributed by atoms with van der Waals surface area (Å²) in [5, 5.41) is 2.69. The van der Waals surface area contributed by atoms with Gasteiger partial charge in [-0.05, 0) is 69.0 Å². The summed E-state index contributed by atoms with van der Waals surface area (Å²) in [6.45, 7) is 4.09.